The first-order valence-electron chi connectivity index (χ1n) is 9.04. The molecule has 8 unspecified atom stereocenters. The van der Waals surface area contributed by atoms with E-state index in [1.165, 1.54) is 0 Å². The molecule has 0 amide bonds. The first kappa shape index (κ1) is 13.8. The van der Waals surface area contributed by atoms with Gasteiger partial charge in [0.15, 0.2) is 6.29 Å². The average Bonchev–Trinajstić information content (AvgIpc) is 2.51. The number of aliphatic hydroxyl groups excluding tert-OH is 1. The Morgan fingerprint density at radius 3 is 2.41 bits per heavy atom. The molecule has 8 aliphatic carbocycles. The number of fused-ring (bicyclic) bond motifs is 1. The van der Waals surface area contributed by atoms with Gasteiger partial charge in [-0.15, -0.1) is 0 Å². The molecule has 0 aromatic rings. The molecule has 3 N–H and O–H groups in total. The summed E-state index contributed by atoms with van der Waals surface area (Å²) in [4.78, 5) is 5.48. The Labute approximate surface area is 132 Å². The zero-order chi connectivity index (χ0) is 15.2. The minimum Gasteiger partial charge on any atom is -0.469 e. The van der Waals surface area contributed by atoms with Crippen molar-refractivity contribution >= 4 is 0 Å². The van der Waals surface area contributed by atoms with Crippen LogP contribution in [0.15, 0.2) is 11.3 Å². The lowest BCUT2D eigenvalue weighted by Gasteiger charge is -2.75. The van der Waals surface area contributed by atoms with Crippen molar-refractivity contribution in [2.75, 3.05) is 0 Å². The lowest BCUT2D eigenvalue weighted by Crippen LogP contribution is -2.72. The summed E-state index contributed by atoms with van der Waals surface area (Å²) in [6.45, 7) is 4.16. The summed E-state index contributed by atoms with van der Waals surface area (Å²) in [5.74, 6) is 11.5. The number of hydrogen-bond acceptors (Lipinski definition) is 4. The first-order valence-corrected chi connectivity index (χ1v) is 9.04. The lowest BCUT2D eigenvalue weighted by atomic mass is 9.31. The molecule has 0 spiro atoms. The summed E-state index contributed by atoms with van der Waals surface area (Å²) in [6.07, 6.45) is 4.78. The molecule has 4 nitrogen and oxygen atoms in total. The zero-order valence-electron chi connectivity index (χ0n) is 13.5. The quantitative estimate of drug-likeness (QED) is 0.605. The van der Waals surface area contributed by atoms with Gasteiger partial charge >= 0.3 is 0 Å². The number of allylic oxidation sites excluding steroid dienone is 2. The van der Waals surface area contributed by atoms with Gasteiger partial charge in [-0.1, -0.05) is 13.8 Å². The summed E-state index contributed by atoms with van der Waals surface area (Å²) in [7, 11) is 0. The smallest absolute Gasteiger partial charge is 0.199 e. The Morgan fingerprint density at radius 1 is 1.18 bits per heavy atom. The van der Waals surface area contributed by atoms with Crippen LogP contribution in [0.25, 0.3) is 0 Å². The molecule has 6 fully saturated rings. The normalized spacial score (nSPS) is 52.7. The maximum atomic E-state index is 10.3. The number of ether oxygens (including phenoxy) is 1. The highest BCUT2D eigenvalue weighted by molar-refractivity contribution is 5.41. The van der Waals surface area contributed by atoms with Gasteiger partial charge in [-0.3, -0.25) is 4.84 Å². The first-order chi connectivity index (χ1) is 10.6. The maximum Gasteiger partial charge on any atom is 0.199 e. The van der Waals surface area contributed by atoms with Crippen molar-refractivity contribution in [2.24, 2.45) is 47.3 Å². The lowest BCUT2D eigenvalue weighted by molar-refractivity contribution is -0.263. The van der Waals surface area contributed by atoms with E-state index < -0.39 is 6.29 Å². The van der Waals surface area contributed by atoms with E-state index in [4.69, 9.17) is 15.5 Å². The highest BCUT2D eigenvalue weighted by Crippen LogP contribution is 2.77. The molecule has 22 heavy (non-hydrogen) atoms. The summed E-state index contributed by atoms with van der Waals surface area (Å²) < 4.78 is 6.04. The summed E-state index contributed by atoms with van der Waals surface area (Å²) in [6, 6.07) is 0. The van der Waals surface area contributed by atoms with Gasteiger partial charge in [0.2, 0.25) is 0 Å². The predicted molar refractivity (Wildman–Crippen MR) is 81.0 cm³/mol. The van der Waals surface area contributed by atoms with Gasteiger partial charge in [-0.05, 0) is 66.8 Å². The molecule has 0 aromatic heterocycles. The Hall–Kier alpha value is -0.580. The van der Waals surface area contributed by atoms with E-state index >= 15 is 0 Å². The van der Waals surface area contributed by atoms with Gasteiger partial charge in [0, 0.05) is 12.3 Å². The highest BCUT2D eigenvalue weighted by Gasteiger charge is 2.73. The van der Waals surface area contributed by atoms with Crippen LogP contribution in [-0.4, -0.2) is 17.0 Å². The largest absolute Gasteiger partial charge is 0.469 e. The van der Waals surface area contributed by atoms with Gasteiger partial charge in [-0.2, -0.15) is 0 Å². The van der Waals surface area contributed by atoms with Crippen molar-refractivity contribution < 1.29 is 14.7 Å². The molecule has 4 heteroatoms. The monoisotopic (exact) mass is 305 g/mol. The molecular weight excluding hydrogens is 278 g/mol. The van der Waals surface area contributed by atoms with Crippen LogP contribution in [0.3, 0.4) is 0 Å². The van der Waals surface area contributed by atoms with Crippen LogP contribution in [0, 0.1) is 41.4 Å². The fourth-order valence-corrected chi connectivity index (χ4v) is 6.81. The van der Waals surface area contributed by atoms with Crippen LogP contribution in [0.4, 0.5) is 0 Å². The standard InChI is InChI=1S/C18H27NO3/c1-3-8(2)17(20)21-13-4-9-10-5-18(22-19)6-11(9)15-12(7-18)14(10)16(13)15/h8-12,14-15,17,20H,3-7,19H2,1-2H3/t8?,9?,10?,11?,12?,14-,15?,17?,18?/m0/s1. The van der Waals surface area contributed by atoms with Gasteiger partial charge in [0.25, 0.3) is 0 Å². The van der Waals surface area contributed by atoms with Crippen molar-refractivity contribution in [3.8, 4) is 0 Å². The topological polar surface area (TPSA) is 64.7 Å². The highest BCUT2D eigenvalue weighted by atomic mass is 16.6. The second-order valence-corrected chi connectivity index (χ2v) is 8.60. The molecule has 0 saturated heterocycles. The molecule has 6 saturated carbocycles. The third kappa shape index (κ3) is 1.45. The maximum absolute atomic E-state index is 10.3. The zero-order valence-corrected chi connectivity index (χ0v) is 13.5. The van der Waals surface area contributed by atoms with Gasteiger partial charge < -0.3 is 9.84 Å². The van der Waals surface area contributed by atoms with Crippen LogP contribution < -0.4 is 5.90 Å². The SMILES string of the molecule is CCC(C)C(O)OC1=C2C3C4CC5(ON)CC(C4C1)[C@H]2C3C5. The van der Waals surface area contributed by atoms with E-state index in [2.05, 4.69) is 13.8 Å². The van der Waals surface area contributed by atoms with Crippen molar-refractivity contribution in [3.05, 3.63) is 11.3 Å². The molecule has 0 aliphatic heterocycles. The summed E-state index contributed by atoms with van der Waals surface area (Å²) in [5, 5.41) is 10.3. The average molecular weight is 305 g/mol. The van der Waals surface area contributed by atoms with Crippen LogP contribution in [0.2, 0.25) is 0 Å². The second kappa shape index (κ2) is 4.28. The molecule has 8 rings (SSSR count). The van der Waals surface area contributed by atoms with Gasteiger partial charge in [-0.25, -0.2) is 5.90 Å². The van der Waals surface area contributed by atoms with Crippen molar-refractivity contribution in [1.29, 1.82) is 0 Å². The minimum atomic E-state index is -0.640. The summed E-state index contributed by atoms with van der Waals surface area (Å²) >= 11 is 0. The number of rotatable bonds is 5. The molecule has 9 atom stereocenters. The third-order valence-electron chi connectivity index (χ3n) is 7.87. The Morgan fingerprint density at radius 2 is 1.82 bits per heavy atom. The Balaban J connectivity index is 1.45. The predicted octanol–water partition coefficient (Wildman–Crippen LogP) is 2.58. The Bertz CT molecular complexity index is 520. The molecule has 0 heterocycles. The van der Waals surface area contributed by atoms with E-state index in [9.17, 15) is 5.11 Å². The molecule has 8 bridgehead atoms. The Kier molecular flexibility index (Phi) is 2.69. The van der Waals surface area contributed by atoms with Crippen LogP contribution in [0.5, 0.6) is 0 Å². The van der Waals surface area contributed by atoms with Crippen LogP contribution >= 0.6 is 0 Å². The van der Waals surface area contributed by atoms with Crippen molar-refractivity contribution in [3.63, 3.8) is 0 Å². The molecule has 122 valence electrons. The van der Waals surface area contributed by atoms with E-state index in [0.29, 0.717) is 11.8 Å². The third-order valence-corrected chi connectivity index (χ3v) is 7.87. The van der Waals surface area contributed by atoms with Crippen LogP contribution in [0.1, 0.15) is 46.0 Å². The van der Waals surface area contributed by atoms with Gasteiger partial charge in [0.05, 0.1) is 11.4 Å². The number of hydrogen-bond donors (Lipinski definition) is 2. The molecule has 0 radical (unpaired) electrons. The number of nitrogens with two attached hydrogens (primary N) is 1. The molecule has 0 aromatic carbocycles. The summed E-state index contributed by atoms with van der Waals surface area (Å²) in [5.41, 5.74) is 1.57. The van der Waals surface area contributed by atoms with Crippen molar-refractivity contribution in [1.82, 2.24) is 0 Å². The van der Waals surface area contributed by atoms with Crippen molar-refractivity contribution in [2.45, 2.75) is 57.8 Å². The molecule has 8 aliphatic rings. The van der Waals surface area contributed by atoms with E-state index in [1.54, 1.807) is 5.57 Å². The fraction of sp³-hybridized carbons (Fsp3) is 0.889. The molecular formula is C18H27NO3. The number of aliphatic hydroxyl groups is 1. The van der Waals surface area contributed by atoms with Crippen LogP contribution in [-0.2, 0) is 9.57 Å². The van der Waals surface area contributed by atoms with E-state index in [0.717, 1.165) is 61.5 Å². The van der Waals surface area contributed by atoms with E-state index in [1.807, 2.05) is 0 Å². The van der Waals surface area contributed by atoms with E-state index in [-0.39, 0.29) is 11.5 Å². The fourth-order valence-electron chi connectivity index (χ4n) is 6.81. The second-order valence-electron chi connectivity index (χ2n) is 8.60. The minimum absolute atomic E-state index is 0.0103. The van der Waals surface area contributed by atoms with Gasteiger partial charge in [0.1, 0.15) is 0 Å².